The molecule has 0 aromatic carbocycles. The van der Waals surface area contributed by atoms with Gasteiger partial charge in [-0.2, -0.15) is 0 Å². The molecule has 1 rings (SSSR count). The molecule has 0 saturated heterocycles. The lowest BCUT2D eigenvalue weighted by molar-refractivity contribution is -0.132. The van der Waals surface area contributed by atoms with Crippen molar-refractivity contribution < 1.29 is 4.79 Å². The van der Waals surface area contributed by atoms with E-state index in [-0.39, 0.29) is 0 Å². The highest BCUT2D eigenvalue weighted by atomic mass is 16.1. The minimum Gasteiger partial charge on any atom is -0.299 e. The molecule has 0 aromatic heterocycles. The first kappa shape index (κ1) is 12.7. The van der Waals surface area contributed by atoms with Crippen LogP contribution in [0.1, 0.15) is 59.8 Å². The maximum absolute atomic E-state index is 12.3. The molecule has 0 amide bonds. The molecule has 1 heteroatoms. The molecule has 0 heterocycles. The predicted octanol–water partition coefficient (Wildman–Crippen LogP) is 4.06. The minimum absolute atomic E-state index is 0.364. The van der Waals surface area contributed by atoms with Crippen molar-refractivity contribution in [2.75, 3.05) is 0 Å². The first-order chi connectivity index (χ1) is 7.11. The topological polar surface area (TPSA) is 17.1 Å². The van der Waals surface area contributed by atoms with Crippen LogP contribution in [-0.4, -0.2) is 5.78 Å². The molecule has 88 valence electrons. The largest absolute Gasteiger partial charge is 0.299 e. The molecule has 4 atom stereocenters. The standard InChI is InChI=1S/C14H26O/c1-5-10(3)12-8-7-9-13(14(12)15)11(4)6-2/h10-13H,5-9H2,1-4H3/t10-,11+,12-,13-/m0/s1. The molecule has 0 radical (unpaired) electrons. The zero-order chi connectivity index (χ0) is 11.4. The molecule has 0 unspecified atom stereocenters. The van der Waals surface area contributed by atoms with E-state index in [1.807, 2.05) is 0 Å². The molecule has 0 bridgehead atoms. The Morgan fingerprint density at radius 1 is 1.07 bits per heavy atom. The smallest absolute Gasteiger partial charge is 0.139 e. The van der Waals surface area contributed by atoms with Crippen molar-refractivity contribution >= 4 is 5.78 Å². The van der Waals surface area contributed by atoms with Crippen molar-refractivity contribution in [2.45, 2.75) is 59.8 Å². The van der Waals surface area contributed by atoms with Crippen LogP contribution in [0, 0.1) is 23.7 Å². The van der Waals surface area contributed by atoms with Crippen LogP contribution in [0.3, 0.4) is 0 Å². The van der Waals surface area contributed by atoms with Crippen LogP contribution < -0.4 is 0 Å². The summed E-state index contributed by atoms with van der Waals surface area (Å²) in [4.78, 5) is 12.3. The van der Waals surface area contributed by atoms with Gasteiger partial charge < -0.3 is 0 Å². The normalized spacial score (nSPS) is 31.3. The third-order valence-electron chi connectivity index (χ3n) is 4.42. The van der Waals surface area contributed by atoms with Gasteiger partial charge in [-0.05, 0) is 24.7 Å². The Labute approximate surface area is 94.6 Å². The zero-order valence-electron chi connectivity index (χ0n) is 10.8. The van der Waals surface area contributed by atoms with Crippen molar-refractivity contribution in [1.82, 2.24) is 0 Å². The van der Waals surface area contributed by atoms with Crippen LogP contribution >= 0.6 is 0 Å². The summed E-state index contributed by atoms with van der Waals surface area (Å²) in [5.41, 5.74) is 0. The van der Waals surface area contributed by atoms with Gasteiger partial charge in [0.15, 0.2) is 0 Å². The molecule has 0 aromatic rings. The van der Waals surface area contributed by atoms with Gasteiger partial charge in [-0.1, -0.05) is 47.0 Å². The van der Waals surface area contributed by atoms with Gasteiger partial charge in [0.2, 0.25) is 0 Å². The van der Waals surface area contributed by atoms with Gasteiger partial charge in [0.25, 0.3) is 0 Å². The maximum Gasteiger partial charge on any atom is 0.139 e. The first-order valence-electron chi connectivity index (χ1n) is 6.65. The summed E-state index contributed by atoms with van der Waals surface area (Å²) in [6.45, 7) is 8.87. The van der Waals surface area contributed by atoms with Crippen molar-refractivity contribution in [3.8, 4) is 0 Å². The van der Waals surface area contributed by atoms with Crippen LogP contribution in [0.15, 0.2) is 0 Å². The second kappa shape index (κ2) is 5.67. The molecule has 1 fully saturated rings. The Balaban J connectivity index is 2.66. The lowest BCUT2D eigenvalue weighted by atomic mass is 9.69. The summed E-state index contributed by atoms with van der Waals surface area (Å²) in [6.07, 6.45) is 5.82. The Morgan fingerprint density at radius 3 is 1.80 bits per heavy atom. The van der Waals surface area contributed by atoms with Crippen molar-refractivity contribution in [3.63, 3.8) is 0 Å². The summed E-state index contributed by atoms with van der Waals surface area (Å²) in [6, 6.07) is 0. The average molecular weight is 210 g/mol. The van der Waals surface area contributed by atoms with Crippen molar-refractivity contribution in [2.24, 2.45) is 23.7 Å². The van der Waals surface area contributed by atoms with Crippen LogP contribution in [-0.2, 0) is 4.79 Å². The van der Waals surface area contributed by atoms with Crippen LogP contribution in [0.2, 0.25) is 0 Å². The fourth-order valence-electron chi connectivity index (χ4n) is 2.82. The number of Topliss-reactive ketones (excluding diaryl/α,β-unsaturated/α-hetero) is 1. The number of rotatable bonds is 4. The number of hydrogen-bond acceptors (Lipinski definition) is 1. The van der Waals surface area contributed by atoms with Gasteiger partial charge in [0.1, 0.15) is 5.78 Å². The van der Waals surface area contributed by atoms with Crippen LogP contribution in [0.25, 0.3) is 0 Å². The summed E-state index contributed by atoms with van der Waals surface area (Å²) in [5, 5.41) is 0. The molecule has 1 aliphatic rings. The predicted molar refractivity (Wildman–Crippen MR) is 64.7 cm³/mol. The second-order valence-corrected chi connectivity index (χ2v) is 5.32. The van der Waals surface area contributed by atoms with E-state index in [1.54, 1.807) is 0 Å². The molecule has 1 saturated carbocycles. The third-order valence-corrected chi connectivity index (χ3v) is 4.42. The summed E-state index contributed by atoms with van der Waals surface area (Å²) in [7, 11) is 0. The molecule has 0 aliphatic heterocycles. The van der Waals surface area contributed by atoms with Crippen molar-refractivity contribution in [3.05, 3.63) is 0 Å². The van der Waals surface area contributed by atoms with E-state index in [9.17, 15) is 4.79 Å². The second-order valence-electron chi connectivity index (χ2n) is 5.32. The van der Waals surface area contributed by atoms with E-state index >= 15 is 0 Å². The van der Waals surface area contributed by atoms with Gasteiger partial charge in [-0.15, -0.1) is 0 Å². The molecular weight excluding hydrogens is 184 g/mol. The summed E-state index contributed by atoms with van der Waals surface area (Å²) >= 11 is 0. The van der Waals surface area contributed by atoms with Gasteiger partial charge >= 0.3 is 0 Å². The lowest BCUT2D eigenvalue weighted by Gasteiger charge is -2.34. The van der Waals surface area contributed by atoms with E-state index in [4.69, 9.17) is 0 Å². The number of carbonyl (C=O) groups is 1. The highest BCUT2D eigenvalue weighted by Gasteiger charge is 2.35. The van der Waals surface area contributed by atoms with Gasteiger partial charge in [-0.3, -0.25) is 4.79 Å². The number of ketones is 1. The fraction of sp³-hybridized carbons (Fsp3) is 0.929. The Morgan fingerprint density at radius 2 is 1.47 bits per heavy atom. The van der Waals surface area contributed by atoms with Crippen LogP contribution in [0.5, 0.6) is 0 Å². The maximum atomic E-state index is 12.3. The Hall–Kier alpha value is -0.330. The van der Waals surface area contributed by atoms with Gasteiger partial charge in [0.05, 0.1) is 0 Å². The molecule has 15 heavy (non-hydrogen) atoms. The molecule has 1 aliphatic carbocycles. The summed E-state index contributed by atoms with van der Waals surface area (Å²) in [5.74, 6) is 2.48. The van der Waals surface area contributed by atoms with Crippen molar-refractivity contribution in [1.29, 1.82) is 0 Å². The number of carbonyl (C=O) groups excluding carboxylic acids is 1. The van der Waals surface area contributed by atoms with E-state index in [0.717, 1.165) is 25.7 Å². The molecular formula is C14H26O. The SMILES string of the molecule is CC[C@@H](C)[C@@H]1CCC[C@@H]([C@@H](C)CC)C1=O. The lowest BCUT2D eigenvalue weighted by Crippen LogP contribution is -2.35. The van der Waals surface area contributed by atoms with Crippen LogP contribution in [0.4, 0.5) is 0 Å². The minimum atomic E-state index is 0.364. The molecule has 0 N–H and O–H groups in total. The average Bonchev–Trinajstić information content (AvgIpc) is 2.27. The van der Waals surface area contributed by atoms with E-state index < -0.39 is 0 Å². The number of hydrogen-bond donors (Lipinski definition) is 0. The third kappa shape index (κ3) is 2.83. The highest BCUT2D eigenvalue weighted by molar-refractivity contribution is 5.84. The van der Waals surface area contributed by atoms with E-state index in [2.05, 4.69) is 27.7 Å². The molecule has 0 spiro atoms. The Kier molecular flexibility index (Phi) is 4.82. The van der Waals surface area contributed by atoms with Gasteiger partial charge in [-0.25, -0.2) is 0 Å². The first-order valence-corrected chi connectivity index (χ1v) is 6.65. The zero-order valence-corrected chi connectivity index (χ0v) is 10.8. The van der Waals surface area contributed by atoms with E-state index in [1.165, 1.54) is 6.42 Å². The Bertz CT molecular complexity index is 189. The quantitative estimate of drug-likeness (QED) is 0.683. The molecule has 1 nitrogen and oxygen atoms in total. The summed E-state index contributed by atoms with van der Waals surface area (Å²) < 4.78 is 0. The monoisotopic (exact) mass is 210 g/mol. The highest BCUT2D eigenvalue weighted by Crippen LogP contribution is 2.36. The van der Waals surface area contributed by atoms with Gasteiger partial charge in [0, 0.05) is 11.8 Å². The fourth-order valence-corrected chi connectivity index (χ4v) is 2.82. The van der Waals surface area contributed by atoms with E-state index in [0.29, 0.717) is 29.5 Å².